The molecule has 0 aliphatic heterocycles. The lowest BCUT2D eigenvalue weighted by Gasteiger charge is -2.37. The van der Waals surface area contributed by atoms with Gasteiger partial charge in [0.15, 0.2) is 0 Å². The maximum Gasteiger partial charge on any atom is 0.137 e. The van der Waals surface area contributed by atoms with Gasteiger partial charge in [-0.05, 0) is 129 Å². The molecule has 8 aromatic rings. The number of furan rings is 1. The second kappa shape index (κ2) is 10.9. The molecular weight excluding hydrogens is 655 g/mol. The topological polar surface area (TPSA) is 16.4 Å². The largest absolute Gasteiger partial charge is 0.456 e. The Hall–Kier alpha value is -5.86. The molecule has 0 N–H and O–H groups in total. The van der Waals surface area contributed by atoms with E-state index in [1.165, 1.54) is 81.4 Å². The maximum atomic E-state index is 6.51. The minimum atomic E-state index is -0.108. The molecule has 1 heterocycles. The van der Waals surface area contributed by atoms with Gasteiger partial charge in [0.2, 0.25) is 0 Å². The first-order chi connectivity index (χ1) is 26.5. The van der Waals surface area contributed by atoms with E-state index >= 15 is 0 Å². The van der Waals surface area contributed by atoms with Crippen LogP contribution in [0.15, 0.2) is 156 Å². The third kappa shape index (κ3) is 3.96. The highest BCUT2D eigenvalue weighted by Crippen LogP contribution is 2.66. The number of fused-ring (bicyclic) bond motifs is 14. The molecule has 54 heavy (non-hydrogen) atoms. The van der Waals surface area contributed by atoms with E-state index in [2.05, 4.69) is 170 Å². The zero-order valence-corrected chi connectivity index (χ0v) is 30.8. The molecule has 3 atom stereocenters. The van der Waals surface area contributed by atoms with Crippen LogP contribution in [0.2, 0.25) is 0 Å². The molecule has 0 saturated heterocycles. The lowest BCUT2D eigenvalue weighted by atomic mass is 9.67. The van der Waals surface area contributed by atoms with E-state index in [1.807, 2.05) is 0 Å². The fourth-order valence-electron chi connectivity index (χ4n) is 11.8. The molecule has 1 spiro atoms. The molecule has 4 aliphatic rings. The Morgan fingerprint density at radius 2 is 1.24 bits per heavy atom. The minimum absolute atomic E-state index is 0.0951. The van der Waals surface area contributed by atoms with Gasteiger partial charge in [0.05, 0.1) is 11.1 Å². The fraction of sp³-hybridized carbons (Fsp3) is 0.192. The van der Waals surface area contributed by atoms with Crippen LogP contribution in [0, 0.1) is 11.8 Å². The van der Waals surface area contributed by atoms with Gasteiger partial charge >= 0.3 is 0 Å². The van der Waals surface area contributed by atoms with Crippen LogP contribution in [0.4, 0.5) is 17.1 Å². The molecule has 2 saturated carbocycles. The quantitative estimate of drug-likeness (QED) is 0.182. The molecule has 2 fully saturated rings. The van der Waals surface area contributed by atoms with Gasteiger partial charge < -0.3 is 9.32 Å². The number of para-hydroxylation sites is 1. The summed E-state index contributed by atoms with van der Waals surface area (Å²) in [6.07, 6.45) is 5.32. The highest BCUT2D eigenvalue weighted by Gasteiger charge is 2.56. The first kappa shape index (κ1) is 30.6. The summed E-state index contributed by atoms with van der Waals surface area (Å²) < 4.78 is 6.51. The third-order valence-corrected chi connectivity index (χ3v) is 13.9. The molecule has 7 aromatic carbocycles. The number of hydrogen-bond donors (Lipinski definition) is 0. The van der Waals surface area contributed by atoms with Crippen molar-refractivity contribution in [1.29, 1.82) is 0 Å². The minimum Gasteiger partial charge on any atom is -0.456 e. The number of benzene rings is 7. The predicted molar refractivity (Wildman–Crippen MR) is 223 cm³/mol. The fourth-order valence-corrected chi connectivity index (χ4v) is 11.8. The smallest absolute Gasteiger partial charge is 0.137 e. The van der Waals surface area contributed by atoms with E-state index in [1.54, 1.807) is 5.56 Å². The average Bonchev–Trinajstić information content (AvgIpc) is 4.03. The summed E-state index contributed by atoms with van der Waals surface area (Å²) in [6.45, 7) is 4.77. The summed E-state index contributed by atoms with van der Waals surface area (Å²) in [5, 5.41) is 2.29. The standard InChI is InChI=1S/C52H41NO/c1-51(2)43-19-6-3-15-39(43)41-18-10-17-37(50(41)51)33-12-9-13-35(29-33)53(46-21-11-23-48-49(46)42-16-5-8-22-47(42)54-48)36-26-27-40-38-14-4-7-20-44(38)52(45(40)30-36)31-32-24-25-34(52)28-32/h3-23,26-27,29-30,32,34H,24-25,28,31H2,1-2H3. The average molecular weight is 696 g/mol. The van der Waals surface area contributed by atoms with Gasteiger partial charge in [-0.15, -0.1) is 0 Å². The summed E-state index contributed by atoms with van der Waals surface area (Å²) in [6, 6.07) is 56.8. The number of rotatable bonds is 4. The van der Waals surface area contributed by atoms with Crippen LogP contribution >= 0.6 is 0 Å². The summed E-state index contributed by atoms with van der Waals surface area (Å²) in [5.41, 5.74) is 19.3. The van der Waals surface area contributed by atoms with Gasteiger partial charge in [0, 0.05) is 27.6 Å². The summed E-state index contributed by atoms with van der Waals surface area (Å²) in [4.78, 5) is 2.51. The predicted octanol–water partition coefficient (Wildman–Crippen LogP) is 14.1. The lowest BCUT2D eigenvalue weighted by molar-refractivity contribution is 0.327. The summed E-state index contributed by atoms with van der Waals surface area (Å²) >= 11 is 0. The Morgan fingerprint density at radius 1 is 0.556 bits per heavy atom. The van der Waals surface area contributed by atoms with E-state index in [-0.39, 0.29) is 10.8 Å². The Kier molecular flexibility index (Phi) is 6.15. The van der Waals surface area contributed by atoms with Crippen LogP contribution in [0.5, 0.6) is 0 Å². The molecule has 2 nitrogen and oxygen atoms in total. The van der Waals surface area contributed by atoms with Crippen LogP contribution in [0.1, 0.15) is 61.8 Å². The maximum absolute atomic E-state index is 6.51. The first-order valence-corrected chi connectivity index (χ1v) is 19.8. The summed E-state index contributed by atoms with van der Waals surface area (Å²) in [7, 11) is 0. The first-order valence-electron chi connectivity index (χ1n) is 19.8. The molecule has 260 valence electrons. The van der Waals surface area contributed by atoms with Gasteiger partial charge in [0.25, 0.3) is 0 Å². The molecule has 12 rings (SSSR count). The zero-order chi connectivity index (χ0) is 35.8. The van der Waals surface area contributed by atoms with Crippen LogP contribution in [-0.2, 0) is 10.8 Å². The van der Waals surface area contributed by atoms with Gasteiger partial charge in [-0.2, -0.15) is 0 Å². The van der Waals surface area contributed by atoms with Gasteiger partial charge in [-0.3, -0.25) is 0 Å². The Labute approximate surface area is 316 Å². The van der Waals surface area contributed by atoms with Crippen LogP contribution in [0.25, 0.3) is 55.3 Å². The molecule has 4 aliphatic carbocycles. The van der Waals surface area contributed by atoms with E-state index in [0.717, 1.165) is 39.2 Å². The highest BCUT2D eigenvalue weighted by molar-refractivity contribution is 6.13. The van der Waals surface area contributed by atoms with Crippen molar-refractivity contribution in [2.75, 3.05) is 4.90 Å². The van der Waals surface area contributed by atoms with E-state index in [4.69, 9.17) is 4.42 Å². The van der Waals surface area contributed by atoms with Gasteiger partial charge in [-0.25, -0.2) is 0 Å². The van der Waals surface area contributed by atoms with Crippen molar-refractivity contribution in [2.45, 2.75) is 50.4 Å². The van der Waals surface area contributed by atoms with Crippen molar-refractivity contribution >= 4 is 39.0 Å². The molecule has 0 amide bonds. The van der Waals surface area contributed by atoms with Crippen LogP contribution < -0.4 is 4.90 Å². The highest BCUT2D eigenvalue weighted by atomic mass is 16.3. The molecular formula is C52H41NO. The van der Waals surface area contributed by atoms with E-state index in [0.29, 0.717) is 5.92 Å². The lowest BCUT2D eigenvalue weighted by Crippen LogP contribution is -2.32. The molecule has 1 aromatic heterocycles. The monoisotopic (exact) mass is 695 g/mol. The van der Waals surface area contributed by atoms with Crippen molar-refractivity contribution in [3.8, 4) is 33.4 Å². The van der Waals surface area contributed by atoms with Crippen molar-refractivity contribution in [3.63, 3.8) is 0 Å². The second-order valence-corrected chi connectivity index (χ2v) is 16.9. The van der Waals surface area contributed by atoms with Crippen molar-refractivity contribution in [1.82, 2.24) is 0 Å². The zero-order valence-electron chi connectivity index (χ0n) is 30.8. The Balaban J connectivity index is 1.10. The second-order valence-electron chi connectivity index (χ2n) is 16.9. The van der Waals surface area contributed by atoms with E-state index in [9.17, 15) is 0 Å². The van der Waals surface area contributed by atoms with Crippen molar-refractivity contribution in [2.24, 2.45) is 11.8 Å². The van der Waals surface area contributed by atoms with Crippen LogP contribution in [0.3, 0.4) is 0 Å². The van der Waals surface area contributed by atoms with Gasteiger partial charge in [-0.1, -0.05) is 129 Å². The Morgan fingerprint density at radius 3 is 2.09 bits per heavy atom. The summed E-state index contributed by atoms with van der Waals surface area (Å²) in [5.74, 6) is 1.52. The molecule has 0 radical (unpaired) electrons. The van der Waals surface area contributed by atoms with E-state index < -0.39 is 0 Å². The number of nitrogens with zero attached hydrogens (tertiary/aromatic N) is 1. The van der Waals surface area contributed by atoms with Crippen molar-refractivity contribution < 1.29 is 4.42 Å². The third-order valence-electron chi connectivity index (χ3n) is 13.9. The SMILES string of the molecule is CC1(C)c2ccccc2-c2cccc(-c3cccc(N(c4ccc5c(c4)C4(CC6CCC4C6)c4ccccc4-5)c4cccc5oc6ccccc6c45)c3)c21. The Bertz CT molecular complexity index is 2860. The normalized spacial score (nSPS) is 21.1. The van der Waals surface area contributed by atoms with Gasteiger partial charge in [0.1, 0.15) is 11.2 Å². The van der Waals surface area contributed by atoms with Crippen LogP contribution in [-0.4, -0.2) is 0 Å². The molecule has 3 unspecified atom stereocenters. The number of hydrogen-bond acceptors (Lipinski definition) is 2. The number of anilines is 3. The molecule has 2 bridgehead atoms. The molecule has 2 heteroatoms. The van der Waals surface area contributed by atoms with Crippen molar-refractivity contribution in [3.05, 3.63) is 174 Å².